The van der Waals surface area contributed by atoms with Crippen LogP contribution in [0.15, 0.2) is 122 Å². The number of benzene rings is 4. The van der Waals surface area contributed by atoms with Crippen LogP contribution in [0.4, 0.5) is 11.6 Å². The minimum Gasteiger partial charge on any atom is -0.322 e. The van der Waals surface area contributed by atoms with Gasteiger partial charge in [0.05, 0.1) is 38.8 Å². The van der Waals surface area contributed by atoms with Crippen LogP contribution >= 0.6 is 11.3 Å². The number of nitrogens with zero attached hydrogens (tertiary/aromatic N) is 4. The van der Waals surface area contributed by atoms with Gasteiger partial charge in [0.15, 0.2) is 0 Å². The summed E-state index contributed by atoms with van der Waals surface area (Å²) in [6.07, 6.45) is 10.7. The molecule has 8 aromatic rings. The van der Waals surface area contributed by atoms with Crippen LogP contribution in [0.5, 0.6) is 0 Å². The number of hydrogen-bond donors (Lipinski definition) is 1. The Hall–Kier alpha value is -5.90. The quantitative estimate of drug-likeness (QED) is 0.163. The second-order valence-corrected chi connectivity index (χ2v) is 11.9. The number of hydrogen-bond acceptors (Lipinski definition) is 6. The Labute approximate surface area is 262 Å². The molecule has 0 aliphatic heterocycles. The Bertz CT molecular complexity index is 2610. The molecule has 6 heteroatoms. The second-order valence-electron chi connectivity index (χ2n) is 10.9. The SMILES string of the molecule is C1#CC(c2c(Nc3nc(-c4ccccc4)c4ccccc4n3)c3sc4ccccc4c3c3ncc4ncccc4c23)=CC=CC1. The summed E-state index contributed by atoms with van der Waals surface area (Å²) in [4.78, 5) is 20.0. The van der Waals surface area contributed by atoms with E-state index in [1.54, 1.807) is 11.3 Å². The lowest BCUT2D eigenvalue weighted by atomic mass is 9.93. The van der Waals surface area contributed by atoms with Crippen molar-refractivity contribution >= 4 is 81.4 Å². The van der Waals surface area contributed by atoms with Gasteiger partial charge in [0.25, 0.3) is 0 Å². The molecule has 0 unspecified atom stereocenters. The Morgan fingerprint density at radius 3 is 2.49 bits per heavy atom. The summed E-state index contributed by atoms with van der Waals surface area (Å²) >= 11 is 1.75. The summed E-state index contributed by atoms with van der Waals surface area (Å²) in [5, 5.41) is 9.07. The number of allylic oxidation sites excluding steroid dienone is 4. The lowest BCUT2D eigenvalue weighted by molar-refractivity contribution is 1.22. The minimum absolute atomic E-state index is 0.524. The van der Waals surface area contributed by atoms with E-state index >= 15 is 0 Å². The van der Waals surface area contributed by atoms with Gasteiger partial charge < -0.3 is 5.32 Å². The molecular weight excluding hydrogens is 571 g/mol. The van der Waals surface area contributed by atoms with Gasteiger partial charge in [-0.1, -0.05) is 96.8 Å². The predicted molar refractivity (Wildman–Crippen MR) is 188 cm³/mol. The molecule has 0 atom stereocenters. The summed E-state index contributed by atoms with van der Waals surface area (Å²) < 4.78 is 2.27. The van der Waals surface area contributed by atoms with Crippen LogP contribution in [0.2, 0.25) is 0 Å². The Morgan fingerprint density at radius 2 is 1.56 bits per heavy atom. The monoisotopic (exact) mass is 593 g/mol. The molecule has 0 amide bonds. The van der Waals surface area contributed by atoms with Crippen molar-refractivity contribution in [1.29, 1.82) is 0 Å². The fourth-order valence-corrected chi connectivity index (χ4v) is 7.47. The van der Waals surface area contributed by atoms with Gasteiger partial charge in [0.2, 0.25) is 5.95 Å². The zero-order chi connectivity index (χ0) is 29.7. The van der Waals surface area contributed by atoms with Gasteiger partial charge in [-0.05, 0) is 24.3 Å². The van der Waals surface area contributed by atoms with E-state index in [-0.39, 0.29) is 0 Å². The molecule has 0 saturated carbocycles. The maximum Gasteiger partial charge on any atom is 0.228 e. The molecule has 9 rings (SSSR count). The molecule has 4 heterocycles. The summed E-state index contributed by atoms with van der Waals surface area (Å²) in [5.41, 5.74) is 7.37. The van der Waals surface area contributed by atoms with Crippen LogP contribution in [-0.2, 0) is 0 Å². The Kier molecular flexibility index (Phi) is 5.90. The lowest BCUT2D eigenvalue weighted by Crippen LogP contribution is -2.04. The molecule has 45 heavy (non-hydrogen) atoms. The number of anilines is 2. The molecule has 0 radical (unpaired) electrons. The predicted octanol–water partition coefficient (Wildman–Crippen LogP) is 9.85. The Morgan fingerprint density at radius 1 is 0.733 bits per heavy atom. The zero-order valence-corrected chi connectivity index (χ0v) is 24.8. The highest BCUT2D eigenvalue weighted by Crippen LogP contribution is 2.48. The summed E-state index contributed by atoms with van der Waals surface area (Å²) in [5.74, 6) is 7.33. The third-order valence-corrected chi connectivity index (χ3v) is 9.41. The number of fused-ring (bicyclic) bond motifs is 8. The molecule has 0 spiro atoms. The Balaban J connectivity index is 1.43. The molecular formula is C39H23N5S. The largest absolute Gasteiger partial charge is 0.322 e. The van der Waals surface area contributed by atoms with Gasteiger partial charge in [-0.3, -0.25) is 9.97 Å². The van der Waals surface area contributed by atoms with Gasteiger partial charge in [-0.15, -0.1) is 11.3 Å². The van der Waals surface area contributed by atoms with Crippen molar-refractivity contribution in [2.45, 2.75) is 6.42 Å². The van der Waals surface area contributed by atoms with Crippen molar-refractivity contribution in [2.75, 3.05) is 5.32 Å². The van der Waals surface area contributed by atoms with Crippen LogP contribution < -0.4 is 5.32 Å². The highest BCUT2D eigenvalue weighted by Gasteiger charge is 2.24. The molecule has 0 bridgehead atoms. The highest BCUT2D eigenvalue weighted by molar-refractivity contribution is 7.26. The molecule has 1 aliphatic carbocycles. The highest BCUT2D eigenvalue weighted by atomic mass is 32.1. The molecule has 0 saturated heterocycles. The van der Waals surface area contributed by atoms with Crippen LogP contribution in [0.1, 0.15) is 12.0 Å². The third-order valence-electron chi connectivity index (χ3n) is 8.22. The van der Waals surface area contributed by atoms with Gasteiger partial charge in [0.1, 0.15) is 0 Å². The number of thiophene rings is 1. The van der Waals surface area contributed by atoms with Gasteiger partial charge in [-0.2, -0.15) is 0 Å². The standard InChI is InChI=1S/C39H23N5S/c1-2-5-14-24(13-4-1)32-33-26-19-12-22-40-30(26)23-41-36(33)34-28-18-9-11-21-31(28)45-38(34)37(32)44-39-42-29-20-10-8-17-27(29)35(43-39)25-15-6-3-7-16-25/h1,3-4,6-13,15-23H,2H2,(H,42,43,44). The summed E-state index contributed by atoms with van der Waals surface area (Å²) in [7, 11) is 0. The maximum absolute atomic E-state index is 5.16. The average molecular weight is 594 g/mol. The molecule has 4 aromatic heterocycles. The van der Waals surface area contributed by atoms with Crippen molar-refractivity contribution in [3.8, 4) is 23.1 Å². The third kappa shape index (κ3) is 4.17. The van der Waals surface area contributed by atoms with Crippen molar-refractivity contribution in [3.63, 3.8) is 0 Å². The van der Waals surface area contributed by atoms with E-state index in [2.05, 4.69) is 88.9 Å². The molecule has 5 nitrogen and oxygen atoms in total. The van der Waals surface area contributed by atoms with E-state index < -0.39 is 0 Å². The van der Waals surface area contributed by atoms with Crippen molar-refractivity contribution in [2.24, 2.45) is 0 Å². The normalized spacial score (nSPS) is 12.8. The van der Waals surface area contributed by atoms with E-state index in [9.17, 15) is 0 Å². The summed E-state index contributed by atoms with van der Waals surface area (Å²) in [6.45, 7) is 0. The van der Waals surface area contributed by atoms with Gasteiger partial charge >= 0.3 is 0 Å². The van der Waals surface area contributed by atoms with Crippen LogP contribution in [-0.4, -0.2) is 19.9 Å². The fourth-order valence-electron chi connectivity index (χ4n) is 6.26. The van der Waals surface area contributed by atoms with E-state index in [0.717, 1.165) is 76.3 Å². The molecule has 210 valence electrons. The molecule has 1 aliphatic rings. The van der Waals surface area contributed by atoms with Crippen LogP contribution in [0.3, 0.4) is 0 Å². The first kappa shape index (κ1) is 25.6. The minimum atomic E-state index is 0.524. The van der Waals surface area contributed by atoms with E-state index in [1.165, 1.54) is 4.70 Å². The number of pyridine rings is 2. The first-order chi connectivity index (χ1) is 22.3. The topological polar surface area (TPSA) is 63.6 Å². The zero-order valence-electron chi connectivity index (χ0n) is 24.0. The van der Waals surface area contributed by atoms with E-state index in [1.807, 2.05) is 54.9 Å². The number of nitrogens with one attached hydrogen (secondary N) is 1. The maximum atomic E-state index is 5.16. The summed E-state index contributed by atoms with van der Waals surface area (Å²) in [6, 6.07) is 31.1. The van der Waals surface area contributed by atoms with E-state index in [0.29, 0.717) is 12.4 Å². The fraction of sp³-hybridized carbons (Fsp3) is 0.0256. The van der Waals surface area contributed by atoms with Gasteiger partial charge in [-0.25, -0.2) is 9.97 Å². The molecule has 0 fully saturated rings. The first-order valence-corrected chi connectivity index (χ1v) is 15.6. The van der Waals surface area contributed by atoms with Crippen molar-refractivity contribution in [3.05, 3.63) is 127 Å². The van der Waals surface area contributed by atoms with Crippen molar-refractivity contribution in [1.82, 2.24) is 19.9 Å². The van der Waals surface area contributed by atoms with E-state index in [4.69, 9.17) is 15.0 Å². The average Bonchev–Trinajstić information content (AvgIpc) is 3.28. The van der Waals surface area contributed by atoms with Gasteiger partial charge in [0, 0.05) is 60.9 Å². The van der Waals surface area contributed by atoms with Crippen LogP contribution in [0.25, 0.3) is 69.7 Å². The smallest absolute Gasteiger partial charge is 0.228 e. The first-order valence-electron chi connectivity index (χ1n) is 14.8. The van der Waals surface area contributed by atoms with Crippen LogP contribution in [0, 0.1) is 11.8 Å². The van der Waals surface area contributed by atoms with Crippen molar-refractivity contribution < 1.29 is 0 Å². The lowest BCUT2D eigenvalue weighted by Gasteiger charge is -2.18. The molecule has 4 aromatic carbocycles. The number of rotatable bonds is 4. The number of aromatic nitrogens is 4. The number of para-hydroxylation sites is 1. The second kappa shape index (κ2) is 10.4. The molecule has 1 N–H and O–H groups in total.